The van der Waals surface area contributed by atoms with Gasteiger partial charge in [-0.2, -0.15) is 4.57 Å². The summed E-state index contributed by atoms with van der Waals surface area (Å²) in [6.07, 6.45) is 4.16. The SMILES string of the molecule is OCc1ccc(-c2cc[n+](Cc3sc4ccccc4c3Cl)cc2)cc1. The standard InChI is InChI=1S/C21H17ClNOS/c22-21-18-3-1-2-4-19(18)25-20(21)13-23-11-9-17(10-12-23)16-7-5-15(14-24)6-8-16/h1-12,24H,13-14H2/q+1. The van der Waals surface area contributed by atoms with Crippen LogP contribution in [0.3, 0.4) is 0 Å². The first-order chi connectivity index (χ1) is 12.2. The van der Waals surface area contributed by atoms with E-state index in [-0.39, 0.29) is 6.61 Å². The van der Waals surface area contributed by atoms with E-state index in [9.17, 15) is 0 Å². The summed E-state index contributed by atoms with van der Waals surface area (Å²) in [6.45, 7) is 0.840. The van der Waals surface area contributed by atoms with Crippen molar-refractivity contribution in [3.05, 3.63) is 88.5 Å². The smallest absolute Gasteiger partial charge is 0.184 e. The van der Waals surface area contributed by atoms with Gasteiger partial charge in [-0.05, 0) is 22.8 Å². The number of hydrogen-bond acceptors (Lipinski definition) is 2. The number of hydrogen-bond donors (Lipinski definition) is 1. The lowest BCUT2D eigenvalue weighted by Gasteiger charge is -2.02. The fourth-order valence-electron chi connectivity index (χ4n) is 2.89. The minimum atomic E-state index is 0.0744. The molecular weight excluding hydrogens is 350 g/mol. The molecule has 0 amide bonds. The quantitative estimate of drug-likeness (QED) is 0.502. The molecule has 0 fully saturated rings. The van der Waals surface area contributed by atoms with Gasteiger partial charge >= 0.3 is 0 Å². The lowest BCUT2D eigenvalue weighted by molar-refractivity contribution is -0.687. The second kappa shape index (κ2) is 6.96. The fraction of sp³-hybridized carbons (Fsp3) is 0.0952. The maximum Gasteiger partial charge on any atom is 0.184 e. The zero-order valence-electron chi connectivity index (χ0n) is 13.5. The molecule has 0 unspecified atom stereocenters. The molecule has 0 aliphatic rings. The van der Waals surface area contributed by atoms with Crippen molar-refractivity contribution in [2.45, 2.75) is 13.2 Å². The van der Waals surface area contributed by atoms with Crippen molar-refractivity contribution in [2.75, 3.05) is 0 Å². The van der Waals surface area contributed by atoms with Crippen molar-refractivity contribution in [2.24, 2.45) is 0 Å². The first kappa shape index (κ1) is 16.3. The Bertz CT molecular complexity index is 1010. The van der Waals surface area contributed by atoms with Crippen LogP contribution < -0.4 is 4.57 Å². The van der Waals surface area contributed by atoms with Gasteiger partial charge < -0.3 is 5.11 Å². The Hall–Kier alpha value is -2.20. The van der Waals surface area contributed by atoms with Gasteiger partial charge in [0.15, 0.2) is 18.9 Å². The molecule has 4 heteroatoms. The predicted molar refractivity (Wildman–Crippen MR) is 104 cm³/mol. The summed E-state index contributed by atoms with van der Waals surface area (Å²) in [5.41, 5.74) is 3.22. The molecule has 2 nitrogen and oxygen atoms in total. The van der Waals surface area contributed by atoms with Crippen LogP contribution >= 0.6 is 22.9 Å². The normalized spacial score (nSPS) is 11.1. The van der Waals surface area contributed by atoms with Gasteiger partial charge in [0.25, 0.3) is 0 Å². The van der Waals surface area contributed by atoms with Crippen LogP contribution in [0.5, 0.6) is 0 Å². The predicted octanol–water partition coefficient (Wildman–Crippen LogP) is 5.05. The molecule has 0 spiro atoms. The molecule has 0 saturated carbocycles. The van der Waals surface area contributed by atoms with Gasteiger partial charge in [-0.1, -0.05) is 54.1 Å². The van der Waals surface area contributed by atoms with E-state index in [0.29, 0.717) is 0 Å². The Morgan fingerprint density at radius 2 is 1.56 bits per heavy atom. The highest BCUT2D eigenvalue weighted by Crippen LogP contribution is 2.34. The zero-order valence-corrected chi connectivity index (χ0v) is 15.1. The first-order valence-electron chi connectivity index (χ1n) is 8.10. The third-order valence-corrected chi connectivity index (χ3v) is 5.99. The highest BCUT2D eigenvalue weighted by Gasteiger charge is 2.14. The number of fused-ring (bicyclic) bond motifs is 1. The monoisotopic (exact) mass is 366 g/mol. The lowest BCUT2D eigenvalue weighted by atomic mass is 10.1. The number of thiophene rings is 1. The number of halogens is 1. The first-order valence-corrected chi connectivity index (χ1v) is 9.29. The van der Waals surface area contributed by atoms with Crippen LogP contribution in [-0.4, -0.2) is 5.11 Å². The van der Waals surface area contributed by atoms with E-state index in [2.05, 4.69) is 41.2 Å². The molecule has 0 radical (unpaired) electrons. The lowest BCUT2D eigenvalue weighted by Crippen LogP contribution is -2.32. The average Bonchev–Trinajstić information content (AvgIpc) is 2.98. The molecular formula is C21H17ClNOS+. The van der Waals surface area contributed by atoms with Crippen LogP contribution in [0.4, 0.5) is 0 Å². The van der Waals surface area contributed by atoms with E-state index in [1.165, 1.54) is 9.58 Å². The van der Waals surface area contributed by atoms with Crippen LogP contribution in [0, 0.1) is 0 Å². The molecule has 0 saturated heterocycles. The van der Waals surface area contributed by atoms with E-state index in [1.54, 1.807) is 11.3 Å². The fourth-order valence-corrected chi connectivity index (χ4v) is 4.39. The Morgan fingerprint density at radius 3 is 2.24 bits per heavy atom. The van der Waals surface area contributed by atoms with Crippen LogP contribution in [0.25, 0.3) is 21.2 Å². The molecule has 2 aromatic heterocycles. The number of aromatic nitrogens is 1. The zero-order chi connectivity index (χ0) is 17.2. The van der Waals surface area contributed by atoms with E-state index in [4.69, 9.17) is 16.7 Å². The topological polar surface area (TPSA) is 24.1 Å². The van der Waals surface area contributed by atoms with Gasteiger partial charge in [-0.3, -0.25) is 0 Å². The maximum atomic E-state index is 9.14. The van der Waals surface area contributed by atoms with Crippen molar-refractivity contribution in [1.82, 2.24) is 0 Å². The second-order valence-corrected chi connectivity index (χ2v) is 7.46. The van der Waals surface area contributed by atoms with Gasteiger partial charge in [0.05, 0.1) is 16.5 Å². The molecule has 25 heavy (non-hydrogen) atoms. The van der Waals surface area contributed by atoms with Crippen molar-refractivity contribution < 1.29 is 9.67 Å². The van der Waals surface area contributed by atoms with Gasteiger partial charge in [0.2, 0.25) is 0 Å². The molecule has 4 rings (SSSR count). The molecule has 124 valence electrons. The molecule has 0 atom stereocenters. The number of pyridine rings is 1. The summed E-state index contributed by atoms with van der Waals surface area (Å²) in [7, 11) is 0. The summed E-state index contributed by atoms with van der Waals surface area (Å²) in [5.74, 6) is 0. The average molecular weight is 367 g/mol. The second-order valence-electron chi connectivity index (χ2n) is 5.95. The third-order valence-electron chi connectivity index (χ3n) is 4.29. The van der Waals surface area contributed by atoms with Crippen LogP contribution in [0.15, 0.2) is 73.1 Å². The van der Waals surface area contributed by atoms with Gasteiger partial charge in [-0.25, -0.2) is 0 Å². The van der Waals surface area contributed by atoms with Crippen molar-refractivity contribution in [3.8, 4) is 11.1 Å². The molecule has 4 aromatic rings. The van der Waals surface area contributed by atoms with Crippen LogP contribution in [-0.2, 0) is 13.2 Å². The molecule has 0 aliphatic heterocycles. The molecule has 1 N–H and O–H groups in total. The van der Waals surface area contributed by atoms with Crippen molar-refractivity contribution >= 4 is 33.0 Å². The highest BCUT2D eigenvalue weighted by molar-refractivity contribution is 7.19. The summed E-state index contributed by atoms with van der Waals surface area (Å²) in [4.78, 5) is 1.17. The summed E-state index contributed by atoms with van der Waals surface area (Å²) in [5, 5.41) is 11.1. The molecule has 2 aromatic carbocycles. The molecule has 0 aliphatic carbocycles. The van der Waals surface area contributed by atoms with Gasteiger partial charge in [0.1, 0.15) is 0 Å². The Kier molecular flexibility index (Phi) is 4.53. The van der Waals surface area contributed by atoms with Gasteiger partial charge in [0, 0.05) is 22.2 Å². The Morgan fingerprint density at radius 1 is 0.880 bits per heavy atom. The molecule has 0 bridgehead atoms. The summed E-state index contributed by atoms with van der Waals surface area (Å²) < 4.78 is 3.37. The largest absolute Gasteiger partial charge is 0.392 e. The van der Waals surface area contributed by atoms with Crippen molar-refractivity contribution in [3.63, 3.8) is 0 Å². The van der Waals surface area contributed by atoms with Gasteiger partial charge in [-0.15, -0.1) is 11.3 Å². The van der Waals surface area contributed by atoms with Crippen LogP contribution in [0.2, 0.25) is 5.02 Å². The van der Waals surface area contributed by atoms with E-state index in [0.717, 1.165) is 33.6 Å². The van der Waals surface area contributed by atoms with E-state index < -0.39 is 0 Å². The third kappa shape index (κ3) is 3.31. The Labute approximate surface area is 155 Å². The number of aliphatic hydroxyl groups is 1. The number of rotatable bonds is 4. The number of aliphatic hydroxyl groups excluding tert-OH is 1. The minimum Gasteiger partial charge on any atom is -0.392 e. The van der Waals surface area contributed by atoms with E-state index in [1.807, 2.05) is 36.4 Å². The minimum absolute atomic E-state index is 0.0744. The van der Waals surface area contributed by atoms with Crippen LogP contribution in [0.1, 0.15) is 10.4 Å². The number of nitrogens with zero attached hydrogens (tertiary/aromatic N) is 1. The van der Waals surface area contributed by atoms with Crippen molar-refractivity contribution in [1.29, 1.82) is 0 Å². The maximum absolute atomic E-state index is 9.14. The highest BCUT2D eigenvalue weighted by atomic mass is 35.5. The summed E-state index contributed by atoms with van der Waals surface area (Å²) in [6, 6.07) is 20.4. The summed E-state index contributed by atoms with van der Waals surface area (Å²) >= 11 is 8.29. The molecule has 2 heterocycles. The number of benzene rings is 2. The van der Waals surface area contributed by atoms with E-state index >= 15 is 0 Å². The Balaban J connectivity index is 1.58.